The van der Waals surface area contributed by atoms with Crippen LogP contribution >= 0.6 is 0 Å². The van der Waals surface area contributed by atoms with Crippen molar-refractivity contribution in [2.45, 2.75) is 6.43 Å². The Morgan fingerprint density at radius 2 is 1.88 bits per heavy atom. The van der Waals surface area contributed by atoms with Gasteiger partial charge in [-0.3, -0.25) is 4.79 Å². The number of carbonyl (C=O) groups is 1. The van der Waals surface area contributed by atoms with E-state index in [0.717, 1.165) is 5.39 Å². The number of hydrogen-bond acceptors (Lipinski definition) is 2. The van der Waals surface area contributed by atoms with Gasteiger partial charge in [0.1, 0.15) is 5.75 Å². The molecule has 88 valence electrons. The highest BCUT2D eigenvalue weighted by atomic mass is 19.3. The molecule has 0 unspecified atom stereocenters. The van der Waals surface area contributed by atoms with Crippen molar-refractivity contribution in [3.8, 4) is 5.75 Å². The molecule has 0 fully saturated rings. The van der Waals surface area contributed by atoms with E-state index in [0.29, 0.717) is 5.39 Å². The number of benzene rings is 2. The van der Waals surface area contributed by atoms with Crippen molar-refractivity contribution in [2.24, 2.45) is 0 Å². The summed E-state index contributed by atoms with van der Waals surface area (Å²) in [5.41, 5.74) is -0.0822. The average molecular weight is 236 g/mol. The number of methoxy groups -OCH3 is 1. The summed E-state index contributed by atoms with van der Waals surface area (Å²) in [4.78, 5) is 11.3. The third kappa shape index (κ3) is 1.98. The molecule has 0 heterocycles. The number of Topliss-reactive ketones (excluding diaryl/α,β-unsaturated/α-hetero) is 1. The highest BCUT2D eigenvalue weighted by Crippen LogP contribution is 2.30. The molecule has 2 aromatic carbocycles. The molecule has 2 rings (SSSR count). The highest BCUT2D eigenvalue weighted by molar-refractivity contribution is 6.06. The van der Waals surface area contributed by atoms with Crippen LogP contribution in [0.3, 0.4) is 0 Å². The molecule has 2 aromatic rings. The van der Waals surface area contributed by atoms with Gasteiger partial charge in [-0.1, -0.05) is 30.3 Å². The van der Waals surface area contributed by atoms with E-state index in [-0.39, 0.29) is 11.3 Å². The zero-order chi connectivity index (χ0) is 12.4. The molecule has 0 aliphatic rings. The second kappa shape index (κ2) is 4.49. The Kier molecular flexibility index (Phi) is 3.04. The molecule has 0 aromatic heterocycles. The number of rotatable bonds is 3. The lowest BCUT2D eigenvalue weighted by Gasteiger charge is -2.10. The van der Waals surface area contributed by atoms with Crippen molar-refractivity contribution in [3.05, 3.63) is 42.0 Å². The zero-order valence-electron chi connectivity index (χ0n) is 9.11. The fourth-order valence-electron chi connectivity index (χ4n) is 1.77. The molecule has 0 aliphatic carbocycles. The van der Waals surface area contributed by atoms with Gasteiger partial charge in [-0.25, -0.2) is 8.78 Å². The van der Waals surface area contributed by atoms with E-state index in [1.807, 2.05) is 12.1 Å². The molecular formula is C13H10F2O2. The first-order chi connectivity index (χ1) is 8.15. The zero-order valence-corrected chi connectivity index (χ0v) is 9.11. The summed E-state index contributed by atoms with van der Waals surface area (Å²) in [6, 6.07) is 10.2. The van der Waals surface area contributed by atoms with Crippen molar-refractivity contribution in [1.29, 1.82) is 0 Å². The van der Waals surface area contributed by atoms with Gasteiger partial charge in [0.15, 0.2) is 0 Å². The summed E-state index contributed by atoms with van der Waals surface area (Å²) in [5, 5.41) is 1.50. The van der Waals surface area contributed by atoms with Gasteiger partial charge in [-0.2, -0.15) is 0 Å². The molecule has 0 N–H and O–H groups in total. The second-order valence-corrected chi connectivity index (χ2v) is 3.53. The minimum atomic E-state index is -3.02. The van der Waals surface area contributed by atoms with E-state index < -0.39 is 12.2 Å². The van der Waals surface area contributed by atoms with Gasteiger partial charge in [-0.15, -0.1) is 0 Å². The van der Waals surface area contributed by atoms with Crippen LogP contribution in [0, 0.1) is 0 Å². The lowest BCUT2D eigenvalue weighted by molar-refractivity contribution is 0.0676. The number of carbonyl (C=O) groups excluding carboxylic acids is 1. The summed E-state index contributed by atoms with van der Waals surface area (Å²) in [5.74, 6) is -1.01. The van der Waals surface area contributed by atoms with Crippen LogP contribution in [-0.4, -0.2) is 19.3 Å². The standard InChI is InChI=1S/C13H10F2O2/c1-17-12-9-5-3-2-4-8(9)6-7-10(12)11(16)13(14)15/h2-7,13H,1H3. The molecule has 0 spiro atoms. The van der Waals surface area contributed by atoms with Crippen LogP contribution in [0.5, 0.6) is 5.75 Å². The summed E-state index contributed by atoms with van der Waals surface area (Å²) in [6.45, 7) is 0. The minimum absolute atomic E-state index is 0.0822. The van der Waals surface area contributed by atoms with Crippen LogP contribution in [0.2, 0.25) is 0 Å². The van der Waals surface area contributed by atoms with E-state index in [2.05, 4.69) is 0 Å². The summed E-state index contributed by atoms with van der Waals surface area (Å²) < 4.78 is 29.9. The Labute approximate surface area is 96.8 Å². The summed E-state index contributed by atoms with van der Waals surface area (Å²) in [6.07, 6.45) is -3.02. The Bertz CT molecular complexity index is 564. The Morgan fingerprint density at radius 3 is 2.53 bits per heavy atom. The second-order valence-electron chi connectivity index (χ2n) is 3.53. The predicted molar refractivity (Wildman–Crippen MR) is 60.8 cm³/mol. The first kappa shape index (κ1) is 11.5. The number of ether oxygens (including phenoxy) is 1. The lowest BCUT2D eigenvalue weighted by Crippen LogP contribution is -2.11. The summed E-state index contributed by atoms with van der Waals surface area (Å²) >= 11 is 0. The average Bonchev–Trinajstić information content (AvgIpc) is 2.36. The van der Waals surface area contributed by atoms with Gasteiger partial charge in [0.05, 0.1) is 12.7 Å². The molecule has 0 saturated carbocycles. The molecule has 2 nitrogen and oxygen atoms in total. The molecule has 4 heteroatoms. The Morgan fingerprint density at radius 1 is 1.18 bits per heavy atom. The molecule has 0 bridgehead atoms. The van der Waals surface area contributed by atoms with Gasteiger partial charge < -0.3 is 4.74 Å². The maximum absolute atomic E-state index is 12.4. The van der Waals surface area contributed by atoms with Crippen LogP contribution in [0.4, 0.5) is 8.78 Å². The van der Waals surface area contributed by atoms with Crippen LogP contribution < -0.4 is 4.74 Å². The summed E-state index contributed by atoms with van der Waals surface area (Å²) in [7, 11) is 1.37. The van der Waals surface area contributed by atoms with E-state index in [1.165, 1.54) is 13.2 Å². The van der Waals surface area contributed by atoms with E-state index in [1.54, 1.807) is 18.2 Å². The van der Waals surface area contributed by atoms with Crippen molar-refractivity contribution in [3.63, 3.8) is 0 Å². The van der Waals surface area contributed by atoms with Gasteiger partial charge in [0.2, 0.25) is 5.78 Å². The largest absolute Gasteiger partial charge is 0.495 e. The van der Waals surface area contributed by atoms with E-state index in [9.17, 15) is 13.6 Å². The molecule has 0 radical (unpaired) electrons. The maximum atomic E-state index is 12.4. The number of hydrogen-bond donors (Lipinski definition) is 0. The molecule has 0 amide bonds. The normalized spacial score (nSPS) is 10.8. The first-order valence-corrected chi connectivity index (χ1v) is 5.03. The number of fused-ring (bicyclic) bond motifs is 1. The number of ketones is 1. The lowest BCUT2D eigenvalue weighted by atomic mass is 10.0. The van der Waals surface area contributed by atoms with E-state index >= 15 is 0 Å². The fraction of sp³-hybridized carbons (Fsp3) is 0.154. The van der Waals surface area contributed by atoms with Crippen molar-refractivity contribution in [1.82, 2.24) is 0 Å². The SMILES string of the molecule is COc1c(C(=O)C(F)F)ccc2ccccc12. The molecule has 0 atom stereocenters. The third-order valence-electron chi connectivity index (χ3n) is 2.55. The highest BCUT2D eigenvalue weighted by Gasteiger charge is 2.22. The van der Waals surface area contributed by atoms with Gasteiger partial charge in [0, 0.05) is 5.39 Å². The van der Waals surface area contributed by atoms with Gasteiger partial charge >= 0.3 is 6.43 Å². The van der Waals surface area contributed by atoms with Crippen LogP contribution in [-0.2, 0) is 0 Å². The third-order valence-corrected chi connectivity index (χ3v) is 2.55. The molecular weight excluding hydrogens is 226 g/mol. The quantitative estimate of drug-likeness (QED) is 0.764. The minimum Gasteiger partial charge on any atom is -0.495 e. The van der Waals surface area contributed by atoms with E-state index in [4.69, 9.17) is 4.74 Å². The Balaban J connectivity index is 2.69. The van der Waals surface area contributed by atoms with Crippen molar-refractivity contribution >= 4 is 16.6 Å². The number of alkyl halides is 2. The predicted octanol–water partition coefficient (Wildman–Crippen LogP) is 3.30. The Hall–Kier alpha value is -1.97. The smallest absolute Gasteiger partial charge is 0.300 e. The van der Waals surface area contributed by atoms with Crippen LogP contribution in [0.15, 0.2) is 36.4 Å². The first-order valence-electron chi connectivity index (χ1n) is 5.03. The fourth-order valence-corrected chi connectivity index (χ4v) is 1.77. The maximum Gasteiger partial charge on any atom is 0.300 e. The van der Waals surface area contributed by atoms with Crippen LogP contribution in [0.1, 0.15) is 10.4 Å². The van der Waals surface area contributed by atoms with Crippen LogP contribution in [0.25, 0.3) is 10.8 Å². The molecule has 17 heavy (non-hydrogen) atoms. The van der Waals surface area contributed by atoms with Crippen molar-refractivity contribution < 1.29 is 18.3 Å². The van der Waals surface area contributed by atoms with Crippen molar-refractivity contribution in [2.75, 3.05) is 7.11 Å². The monoisotopic (exact) mass is 236 g/mol. The topological polar surface area (TPSA) is 26.3 Å². The van der Waals surface area contributed by atoms with Gasteiger partial charge in [-0.05, 0) is 11.5 Å². The van der Waals surface area contributed by atoms with Gasteiger partial charge in [0.25, 0.3) is 0 Å². The number of halogens is 2. The molecule has 0 saturated heterocycles. The molecule has 0 aliphatic heterocycles.